The van der Waals surface area contributed by atoms with Crippen molar-refractivity contribution in [3.05, 3.63) is 76.8 Å². The topological polar surface area (TPSA) is 9.23 Å². The molecule has 3 rings (SSSR count). The van der Waals surface area contributed by atoms with E-state index in [1.54, 1.807) is 7.11 Å². The molecule has 0 fully saturated rings. The molecule has 0 aromatic heterocycles. The van der Waals surface area contributed by atoms with Crippen LogP contribution in [0.15, 0.2) is 60.7 Å². The predicted octanol–water partition coefficient (Wildman–Crippen LogP) is 5.99. The minimum absolute atomic E-state index is 0.0377. The minimum atomic E-state index is 0.0377. The van der Waals surface area contributed by atoms with Crippen molar-refractivity contribution in [2.24, 2.45) is 0 Å². The lowest BCUT2D eigenvalue weighted by Crippen LogP contribution is -1.97. The molecular weight excluding hydrogens is 348 g/mol. The van der Waals surface area contributed by atoms with Gasteiger partial charge in [0.15, 0.2) is 0 Å². The molecule has 0 radical (unpaired) electrons. The Morgan fingerprint density at radius 1 is 0.952 bits per heavy atom. The second kappa shape index (κ2) is 6.08. The minimum Gasteiger partial charge on any atom is -0.496 e. The van der Waals surface area contributed by atoms with Gasteiger partial charge in [0.25, 0.3) is 0 Å². The largest absolute Gasteiger partial charge is 0.496 e. The van der Waals surface area contributed by atoms with Crippen LogP contribution in [0.4, 0.5) is 0 Å². The SMILES string of the molecule is COc1ccc(Cl)cc1C(Br)c1ccc2ccccc2c1. The normalized spacial score (nSPS) is 12.3. The molecule has 0 heterocycles. The van der Waals surface area contributed by atoms with Crippen LogP contribution in [-0.2, 0) is 0 Å². The van der Waals surface area contributed by atoms with Crippen LogP contribution < -0.4 is 4.74 Å². The Morgan fingerprint density at radius 3 is 2.48 bits per heavy atom. The first-order valence-electron chi connectivity index (χ1n) is 6.65. The van der Waals surface area contributed by atoms with Gasteiger partial charge in [-0.15, -0.1) is 0 Å². The van der Waals surface area contributed by atoms with Gasteiger partial charge in [0, 0.05) is 10.6 Å². The lowest BCUT2D eigenvalue weighted by molar-refractivity contribution is 0.410. The number of hydrogen-bond acceptors (Lipinski definition) is 1. The monoisotopic (exact) mass is 360 g/mol. The molecule has 1 nitrogen and oxygen atoms in total. The maximum absolute atomic E-state index is 6.12. The second-order valence-corrected chi connectivity index (χ2v) is 6.21. The standard InChI is InChI=1S/C18H14BrClO/c1-21-17-9-8-15(20)11-16(17)18(19)14-7-6-12-4-2-3-5-13(12)10-14/h2-11,18H,1H3. The molecule has 1 atom stereocenters. The van der Waals surface area contributed by atoms with Crippen molar-refractivity contribution < 1.29 is 4.74 Å². The van der Waals surface area contributed by atoms with Crippen LogP contribution >= 0.6 is 27.5 Å². The van der Waals surface area contributed by atoms with E-state index in [1.165, 1.54) is 16.3 Å². The zero-order valence-electron chi connectivity index (χ0n) is 11.5. The van der Waals surface area contributed by atoms with E-state index in [0.717, 1.165) is 11.3 Å². The Hall–Kier alpha value is -1.51. The van der Waals surface area contributed by atoms with Crippen molar-refractivity contribution in [3.8, 4) is 5.75 Å². The smallest absolute Gasteiger partial charge is 0.123 e. The van der Waals surface area contributed by atoms with Crippen LogP contribution in [-0.4, -0.2) is 7.11 Å². The predicted molar refractivity (Wildman–Crippen MR) is 92.7 cm³/mol. The van der Waals surface area contributed by atoms with Crippen molar-refractivity contribution >= 4 is 38.3 Å². The third-order valence-electron chi connectivity index (χ3n) is 3.53. The average molecular weight is 362 g/mol. The molecule has 3 aromatic rings. The van der Waals surface area contributed by atoms with Crippen molar-refractivity contribution in [2.75, 3.05) is 7.11 Å². The molecule has 0 aliphatic heterocycles. The Balaban J connectivity index is 2.07. The highest BCUT2D eigenvalue weighted by atomic mass is 79.9. The summed E-state index contributed by atoms with van der Waals surface area (Å²) in [6.07, 6.45) is 0. The number of fused-ring (bicyclic) bond motifs is 1. The van der Waals surface area contributed by atoms with Crippen LogP contribution in [0.25, 0.3) is 10.8 Å². The summed E-state index contributed by atoms with van der Waals surface area (Å²) in [7, 11) is 1.67. The quantitative estimate of drug-likeness (QED) is 0.521. The summed E-state index contributed by atoms with van der Waals surface area (Å²) in [6.45, 7) is 0. The fourth-order valence-electron chi connectivity index (χ4n) is 2.45. The first-order chi connectivity index (χ1) is 10.2. The van der Waals surface area contributed by atoms with Gasteiger partial charge in [-0.1, -0.05) is 63.9 Å². The molecule has 0 saturated carbocycles. The third kappa shape index (κ3) is 2.92. The summed E-state index contributed by atoms with van der Waals surface area (Å²) in [4.78, 5) is 0.0377. The molecule has 0 N–H and O–H groups in total. The summed E-state index contributed by atoms with van der Waals surface area (Å²) < 4.78 is 5.44. The first-order valence-corrected chi connectivity index (χ1v) is 7.94. The number of rotatable bonds is 3. The van der Waals surface area contributed by atoms with Gasteiger partial charge in [0.05, 0.1) is 11.9 Å². The molecule has 0 saturated heterocycles. The highest BCUT2D eigenvalue weighted by Crippen LogP contribution is 2.38. The van der Waals surface area contributed by atoms with Crippen molar-refractivity contribution in [1.82, 2.24) is 0 Å². The Morgan fingerprint density at radius 2 is 1.71 bits per heavy atom. The van der Waals surface area contributed by atoms with Crippen LogP contribution in [0, 0.1) is 0 Å². The zero-order valence-corrected chi connectivity index (χ0v) is 13.9. The lowest BCUT2D eigenvalue weighted by atomic mass is 10.0. The molecule has 21 heavy (non-hydrogen) atoms. The van der Waals surface area contributed by atoms with Gasteiger partial charge in [0.2, 0.25) is 0 Å². The maximum atomic E-state index is 6.12. The summed E-state index contributed by atoms with van der Waals surface area (Å²) in [5.74, 6) is 0.828. The Kier molecular flexibility index (Phi) is 4.18. The van der Waals surface area contributed by atoms with E-state index in [0.29, 0.717) is 5.02 Å². The number of benzene rings is 3. The van der Waals surface area contributed by atoms with Gasteiger partial charge in [0.1, 0.15) is 5.75 Å². The van der Waals surface area contributed by atoms with E-state index in [2.05, 4.69) is 52.3 Å². The van der Waals surface area contributed by atoms with Gasteiger partial charge < -0.3 is 4.74 Å². The molecule has 3 heteroatoms. The summed E-state index contributed by atoms with van der Waals surface area (Å²) >= 11 is 9.89. The molecule has 0 bridgehead atoms. The molecule has 1 unspecified atom stereocenters. The molecule has 0 amide bonds. The van der Waals surface area contributed by atoms with Gasteiger partial charge in [-0.25, -0.2) is 0 Å². The van der Waals surface area contributed by atoms with Crippen molar-refractivity contribution in [3.63, 3.8) is 0 Å². The lowest BCUT2D eigenvalue weighted by Gasteiger charge is -2.15. The number of hydrogen-bond donors (Lipinski definition) is 0. The summed E-state index contributed by atoms with van der Waals surface area (Å²) in [5.41, 5.74) is 2.20. The molecule has 0 spiro atoms. The van der Waals surface area contributed by atoms with Crippen LogP contribution in [0.3, 0.4) is 0 Å². The number of ether oxygens (including phenoxy) is 1. The van der Waals surface area contributed by atoms with E-state index in [1.807, 2.05) is 24.3 Å². The van der Waals surface area contributed by atoms with E-state index in [9.17, 15) is 0 Å². The maximum Gasteiger partial charge on any atom is 0.123 e. The van der Waals surface area contributed by atoms with Gasteiger partial charge >= 0.3 is 0 Å². The van der Waals surface area contributed by atoms with Crippen LogP contribution in [0.2, 0.25) is 5.02 Å². The van der Waals surface area contributed by atoms with E-state index in [-0.39, 0.29) is 4.83 Å². The third-order valence-corrected chi connectivity index (χ3v) is 4.79. The van der Waals surface area contributed by atoms with Gasteiger partial charge in [-0.2, -0.15) is 0 Å². The summed E-state index contributed by atoms with van der Waals surface area (Å²) in [5, 5.41) is 3.16. The van der Waals surface area contributed by atoms with Gasteiger partial charge in [-0.05, 0) is 40.6 Å². The fourth-order valence-corrected chi connectivity index (χ4v) is 3.27. The average Bonchev–Trinajstić information content (AvgIpc) is 2.53. The molecule has 106 valence electrons. The Labute approximate surface area is 137 Å². The molecule has 0 aliphatic carbocycles. The first kappa shape index (κ1) is 14.4. The van der Waals surface area contributed by atoms with Crippen LogP contribution in [0.1, 0.15) is 16.0 Å². The molecule has 0 aliphatic rings. The van der Waals surface area contributed by atoms with Gasteiger partial charge in [-0.3, -0.25) is 0 Å². The van der Waals surface area contributed by atoms with Crippen LogP contribution in [0.5, 0.6) is 5.75 Å². The molecular formula is C18H14BrClO. The second-order valence-electron chi connectivity index (χ2n) is 4.86. The summed E-state index contributed by atoms with van der Waals surface area (Å²) in [6, 6.07) is 20.5. The van der Waals surface area contributed by atoms with E-state index < -0.39 is 0 Å². The highest BCUT2D eigenvalue weighted by Gasteiger charge is 2.16. The Bertz CT molecular complexity index is 785. The number of alkyl halides is 1. The molecule has 3 aromatic carbocycles. The van der Waals surface area contributed by atoms with Crippen molar-refractivity contribution in [2.45, 2.75) is 4.83 Å². The zero-order chi connectivity index (χ0) is 14.8. The van der Waals surface area contributed by atoms with E-state index >= 15 is 0 Å². The fraction of sp³-hybridized carbons (Fsp3) is 0.111. The number of halogens is 2. The highest BCUT2D eigenvalue weighted by molar-refractivity contribution is 9.09. The van der Waals surface area contributed by atoms with E-state index in [4.69, 9.17) is 16.3 Å². The van der Waals surface area contributed by atoms with Crippen molar-refractivity contribution in [1.29, 1.82) is 0 Å². The number of methoxy groups -OCH3 is 1.